The first-order valence-corrected chi connectivity index (χ1v) is 5.94. The summed E-state index contributed by atoms with van der Waals surface area (Å²) in [5, 5.41) is 5.39. The standard InChI is InChI=1S/C10H17N3OS/c1-7(4-3-5-11)9(14)13-10-12-8(2)6-15-10/h6-7H,3-5,11H2,1-2H3,(H,12,13,14). The molecule has 5 heteroatoms. The van der Waals surface area contributed by atoms with E-state index in [1.165, 1.54) is 11.3 Å². The molecule has 0 fully saturated rings. The maximum atomic E-state index is 11.6. The molecule has 1 heterocycles. The molecule has 0 aliphatic heterocycles. The second-order valence-corrected chi connectivity index (χ2v) is 4.47. The fraction of sp³-hybridized carbons (Fsp3) is 0.600. The van der Waals surface area contributed by atoms with Gasteiger partial charge >= 0.3 is 0 Å². The number of aryl methyl sites for hydroxylation is 1. The number of carbonyl (C=O) groups excluding carboxylic acids is 1. The minimum Gasteiger partial charge on any atom is -0.330 e. The fourth-order valence-electron chi connectivity index (χ4n) is 1.20. The lowest BCUT2D eigenvalue weighted by atomic mass is 10.1. The predicted molar refractivity (Wildman–Crippen MR) is 62.9 cm³/mol. The Hall–Kier alpha value is -0.940. The van der Waals surface area contributed by atoms with Gasteiger partial charge in [0.25, 0.3) is 0 Å². The Morgan fingerprint density at radius 1 is 1.73 bits per heavy atom. The number of hydrogen-bond donors (Lipinski definition) is 2. The van der Waals surface area contributed by atoms with Crippen LogP contribution in [0.1, 0.15) is 25.5 Å². The number of rotatable bonds is 5. The maximum Gasteiger partial charge on any atom is 0.228 e. The Labute approximate surface area is 93.9 Å². The lowest BCUT2D eigenvalue weighted by Gasteiger charge is -2.09. The average Bonchev–Trinajstić information content (AvgIpc) is 2.60. The van der Waals surface area contributed by atoms with Crippen molar-refractivity contribution in [2.45, 2.75) is 26.7 Å². The van der Waals surface area contributed by atoms with Crippen LogP contribution in [0.2, 0.25) is 0 Å². The third kappa shape index (κ3) is 3.97. The number of hydrogen-bond acceptors (Lipinski definition) is 4. The molecule has 0 saturated carbocycles. The SMILES string of the molecule is Cc1csc(NC(=O)C(C)CCCN)n1. The second kappa shape index (κ2) is 5.82. The molecule has 0 aromatic carbocycles. The van der Waals surface area contributed by atoms with Gasteiger partial charge in [-0.25, -0.2) is 4.98 Å². The zero-order valence-electron chi connectivity index (χ0n) is 9.12. The van der Waals surface area contributed by atoms with E-state index < -0.39 is 0 Å². The Kier molecular flexibility index (Phi) is 4.71. The van der Waals surface area contributed by atoms with Gasteiger partial charge in [0.2, 0.25) is 5.91 Å². The van der Waals surface area contributed by atoms with Crippen molar-refractivity contribution in [3.63, 3.8) is 0 Å². The van der Waals surface area contributed by atoms with E-state index in [1.807, 2.05) is 19.2 Å². The smallest absolute Gasteiger partial charge is 0.228 e. The van der Waals surface area contributed by atoms with Crippen molar-refractivity contribution in [1.82, 2.24) is 4.98 Å². The van der Waals surface area contributed by atoms with Crippen molar-refractivity contribution < 1.29 is 4.79 Å². The summed E-state index contributed by atoms with van der Waals surface area (Å²) in [7, 11) is 0. The molecule has 4 nitrogen and oxygen atoms in total. The van der Waals surface area contributed by atoms with Crippen molar-refractivity contribution in [2.24, 2.45) is 11.7 Å². The Bertz CT molecular complexity index is 324. The van der Waals surface area contributed by atoms with Crippen LogP contribution in [0, 0.1) is 12.8 Å². The Morgan fingerprint density at radius 3 is 3.00 bits per heavy atom. The van der Waals surface area contributed by atoms with Crippen molar-refractivity contribution in [2.75, 3.05) is 11.9 Å². The van der Waals surface area contributed by atoms with Crippen LogP contribution < -0.4 is 11.1 Å². The molecule has 0 radical (unpaired) electrons. The van der Waals surface area contributed by atoms with Crippen LogP contribution in [0.5, 0.6) is 0 Å². The van der Waals surface area contributed by atoms with Crippen LogP contribution in [-0.4, -0.2) is 17.4 Å². The molecular weight excluding hydrogens is 210 g/mol. The van der Waals surface area contributed by atoms with Crippen LogP contribution in [0.15, 0.2) is 5.38 Å². The van der Waals surface area contributed by atoms with Gasteiger partial charge in [0.1, 0.15) is 0 Å². The zero-order valence-corrected chi connectivity index (χ0v) is 9.93. The van der Waals surface area contributed by atoms with Crippen molar-refractivity contribution in [1.29, 1.82) is 0 Å². The summed E-state index contributed by atoms with van der Waals surface area (Å²) in [5.74, 6) is 0.0237. The second-order valence-electron chi connectivity index (χ2n) is 3.62. The predicted octanol–water partition coefficient (Wildman–Crippen LogP) is 1.77. The Morgan fingerprint density at radius 2 is 2.47 bits per heavy atom. The van der Waals surface area contributed by atoms with Gasteiger partial charge in [-0.15, -0.1) is 11.3 Å². The first-order valence-electron chi connectivity index (χ1n) is 5.06. The quantitative estimate of drug-likeness (QED) is 0.805. The number of aromatic nitrogens is 1. The molecule has 0 aliphatic rings. The monoisotopic (exact) mass is 227 g/mol. The average molecular weight is 227 g/mol. The number of carbonyl (C=O) groups is 1. The Balaban J connectivity index is 2.41. The van der Waals surface area contributed by atoms with Crippen LogP contribution >= 0.6 is 11.3 Å². The summed E-state index contributed by atoms with van der Waals surface area (Å²) in [5.41, 5.74) is 6.33. The molecule has 0 saturated heterocycles. The van der Waals surface area contributed by atoms with E-state index >= 15 is 0 Å². The number of thiazole rings is 1. The summed E-state index contributed by atoms with van der Waals surface area (Å²) in [4.78, 5) is 15.8. The number of nitrogens with two attached hydrogens (primary N) is 1. The highest BCUT2D eigenvalue weighted by Gasteiger charge is 2.13. The van der Waals surface area contributed by atoms with Gasteiger partial charge in [-0.1, -0.05) is 6.92 Å². The molecule has 1 aromatic rings. The molecule has 1 atom stereocenters. The summed E-state index contributed by atoms with van der Waals surface area (Å²) >= 11 is 1.45. The van der Waals surface area contributed by atoms with Gasteiger partial charge in [0.05, 0.1) is 5.69 Å². The van der Waals surface area contributed by atoms with Gasteiger partial charge in [-0.2, -0.15) is 0 Å². The van der Waals surface area contributed by atoms with Crippen molar-refractivity contribution in [3.05, 3.63) is 11.1 Å². The molecule has 1 rings (SSSR count). The first-order chi connectivity index (χ1) is 7.13. The molecule has 15 heavy (non-hydrogen) atoms. The summed E-state index contributed by atoms with van der Waals surface area (Å²) in [6.45, 7) is 4.45. The van der Waals surface area contributed by atoms with Crippen LogP contribution in [-0.2, 0) is 4.79 Å². The lowest BCUT2D eigenvalue weighted by Crippen LogP contribution is -2.21. The van der Waals surface area contributed by atoms with Gasteiger partial charge in [0.15, 0.2) is 5.13 Å². The molecule has 3 N–H and O–H groups in total. The van der Waals surface area contributed by atoms with Crippen LogP contribution in [0.25, 0.3) is 0 Å². The van der Waals surface area contributed by atoms with Gasteiger partial charge in [-0.05, 0) is 26.3 Å². The van der Waals surface area contributed by atoms with Crippen LogP contribution in [0.4, 0.5) is 5.13 Å². The van der Waals surface area contributed by atoms with E-state index in [2.05, 4.69) is 10.3 Å². The third-order valence-electron chi connectivity index (χ3n) is 2.14. The van der Waals surface area contributed by atoms with Crippen molar-refractivity contribution >= 4 is 22.4 Å². The molecule has 84 valence electrons. The van der Waals surface area contributed by atoms with Crippen molar-refractivity contribution in [3.8, 4) is 0 Å². The zero-order chi connectivity index (χ0) is 11.3. The van der Waals surface area contributed by atoms with E-state index in [-0.39, 0.29) is 11.8 Å². The molecule has 1 amide bonds. The topological polar surface area (TPSA) is 68.0 Å². The molecular formula is C10H17N3OS. The number of nitrogens with zero attached hydrogens (tertiary/aromatic N) is 1. The summed E-state index contributed by atoms with van der Waals surface area (Å²) in [6.07, 6.45) is 1.71. The number of anilines is 1. The van der Waals surface area contributed by atoms with Gasteiger partial charge in [-0.3, -0.25) is 4.79 Å². The normalized spacial score (nSPS) is 12.5. The minimum atomic E-state index is -0.00208. The van der Waals surface area contributed by atoms with Crippen LogP contribution in [0.3, 0.4) is 0 Å². The fourth-order valence-corrected chi connectivity index (χ4v) is 1.89. The van der Waals surface area contributed by atoms with E-state index in [0.717, 1.165) is 18.5 Å². The minimum absolute atomic E-state index is 0.00208. The lowest BCUT2D eigenvalue weighted by molar-refractivity contribution is -0.119. The molecule has 0 bridgehead atoms. The number of nitrogens with one attached hydrogen (secondary N) is 1. The van der Waals surface area contributed by atoms with E-state index in [4.69, 9.17) is 5.73 Å². The van der Waals surface area contributed by atoms with Gasteiger partial charge < -0.3 is 11.1 Å². The maximum absolute atomic E-state index is 11.6. The molecule has 1 unspecified atom stereocenters. The molecule has 0 spiro atoms. The largest absolute Gasteiger partial charge is 0.330 e. The highest BCUT2D eigenvalue weighted by atomic mass is 32.1. The molecule has 1 aromatic heterocycles. The van der Waals surface area contributed by atoms with E-state index in [1.54, 1.807) is 0 Å². The number of amides is 1. The van der Waals surface area contributed by atoms with E-state index in [0.29, 0.717) is 11.7 Å². The summed E-state index contributed by atoms with van der Waals surface area (Å²) < 4.78 is 0. The first kappa shape index (κ1) is 12.1. The highest BCUT2D eigenvalue weighted by Crippen LogP contribution is 2.16. The third-order valence-corrected chi connectivity index (χ3v) is 3.01. The summed E-state index contributed by atoms with van der Waals surface area (Å²) in [6, 6.07) is 0. The highest BCUT2D eigenvalue weighted by molar-refractivity contribution is 7.13. The molecule has 0 aliphatic carbocycles. The van der Waals surface area contributed by atoms with Gasteiger partial charge in [0, 0.05) is 11.3 Å². The van der Waals surface area contributed by atoms with E-state index in [9.17, 15) is 4.79 Å².